The van der Waals surface area contributed by atoms with E-state index in [1.165, 1.54) is 0 Å². The van der Waals surface area contributed by atoms with E-state index in [2.05, 4.69) is 15.3 Å². The van der Waals surface area contributed by atoms with Crippen LogP contribution in [0.4, 0.5) is 5.95 Å². The summed E-state index contributed by atoms with van der Waals surface area (Å²) in [4.78, 5) is 17.4. The maximum Gasteiger partial charge on any atom is 0.227 e. The van der Waals surface area contributed by atoms with Crippen molar-refractivity contribution in [1.82, 2.24) is 9.97 Å². The number of nitrogens with one attached hydrogen (secondary N) is 2. The number of carbonyl (C=O) groups is 1. The number of H-pyrrole nitrogens is 1. The third-order valence-electron chi connectivity index (χ3n) is 1.08. The molecule has 1 aromatic rings. The highest BCUT2D eigenvalue weighted by Gasteiger charge is 2.00. The number of hydrogen-bond donors (Lipinski definition) is 2. The van der Waals surface area contributed by atoms with Gasteiger partial charge in [0.15, 0.2) is 0 Å². The number of anilines is 1. The van der Waals surface area contributed by atoms with Crippen LogP contribution in [0.2, 0.25) is 0 Å². The Bertz CT molecular complexity index is 222. The molecule has 5 heteroatoms. The van der Waals surface area contributed by atoms with E-state index < -0.39 is 0 Å². The largest absolute Gasteiger partial charge is 0.331 e. The predicted octanol–water partition coefficient (Wildman–Crippen LogP) is 0.977. The van der Waals surface area contributed by atoms with E-state index in [4.69, 9.17) is 11.6 Å². The first-order chi connectivity index (χ1) is 5.33. The summed E-state index contributed by atoms with van der Waals surface area (Å²) < 4.78 is 0. The number of hydrogen-bond acceptors (Lipinski definition) is 2. The average Bonchev–Trinajstić information content (AvgIpc) is 2.40. The summed E-state index contributed by atoms with van der Waals surface area (Å²) in [6.45, 7) is 0. The molecule has 0 aliphatic heterocycles. The fourth-order valence-electron chi connectivity index (χ4n) is 0.614. The lowest BCUT2D eigenvalue weighted by Gasteiger charge is -1.97. The molecule has 60 valence electrons. The summed E-state index contributed by atoms with van der Waals surface area (Å²) in [7, 11) is 0. The van der Waals surface area contributed by atoms with Crippen molar-refractivity contribution in [3.8, 4) is 0 Å². The first-order valence-electron chi connectivity index (χ1n) is 3.18. The quantitative estimate of drug-likeness (QED) is 0.670. The first-order valence-corrected chi connectivity index (χ1v) is 3.71. The predicted molar refractivity (Wildman–Crippen MR) is 42.6 cm³/mol. The monoisotopic (exact) mass is 173 g/mol. The summed E-state index contributed by atoms with van der Waals surface area (Å²) in [6.07, 6.45) is 3.51. The molecule has 0 bridgehead atoms. The highest BCUT2D eigenvalue weighted by atomic mass is 35.5. The fourth-order valence-corrected chi connectivity index (χ4v) is 0.786. The van der Waals surface area contributed by atoms with Crippen molar-refractivity contribution >= 4 is 23.5 Å². The zero-order valence-corrected chi connectivity index (χ0v) is 6.56. The van der Waals surface area contributed by atoms with E-state index in [0.29, 0.717) is 18.2 Å². The van der Waals surface area contributed by atoms with Crippen LogP contribution in [0.15, 0.2) is 12.4 Å². The van der Waals surface area contributed by atoms with Gasteiger partial charge in [-0.25, -0.2) is 4.98 Å². The standard InChI is InChI=1S/C6H8ClN3O/c7-2-1-5(11)10-6-8-3-4-9-6/h3-4H,1-2H2,(H2,8,9,10,11). The zero-order valence-electron chi connectivity index (χ0n) is 5.80. The number of amides is 1. The highest BCUT2D eigenvalue weighted by Crippen LogP contribution is 1.96. The molecule has 0 radical (unpaired) electrons. The first kappa shape index (κ1) is 8.07. The van der Waals surface area contributed by atoms with Gasteiger partial charge in [0, 0.05) is 24.7 Å². The Balaban J connectivity index is 2.37. The summed E-state index contributed by atoms with van der Waals surface area (Å²) in [5, 5.41) is 2.53. The Hall–Kier alpha value is -1.03. The van der Waals surface area contributed by atoms with Gasteiger partial charge in [-0.15, -0.1) is 11.6 Å². The Kier molecular flexibility index (Phi) is 2.92. The Morgan fingerprint density at radius 2 is 2.64 bits per heavy atom. The van der Waals surface area contributed by atoms with Crippen LogP contribution in [0, 0.1) is 0 Å². The zero-order chi connectivity index (χ0) is 8.10. The molecule has 0 spiro atoms. The smallest absolute Gasteiger partial charge is 0.227 e. The van der Waals surface area contributed by atoms with Crippen LogP contribution in [0.25, 0.3) is 0 Å². The minimum absolute atomic E-state index is 0.130. The molecule has 1 aromatic heterocycles. The summed E-state index contributed by atoms with van der Waals surface area (Å²) in [6, 6.07) is 0. The van der Waals surface area contributed by atoms with Gasteiger partial charge in [-0.05, 0) is 0 Å². The lowest BCUT2D eigenvalue weighted by atomic mass is 10.4. The molecule has 11 heavy (non-hydrogen) atoms. The molecular formula is C6H8ClN3O. The number of aromatic amines is 1. The molecular weight excluding hydrogens is 166 g/mol. The normalized spacial score (nSPS) is 9.55. The maximum absolute atomic E-state index is 10.9. The second kappa shape index (κ2) is 3.98. The molecule has 0 unspecified atom stereocenters. The molecule has 1 rings (SSSR count). The highest BCUT2D eigenvalue weighted by molar-refractivity contribution is 6.19. The third kappa shape index (κ3) is 2.59. The van der Waals surface area contributed by atoms with E-state index >= 15 is 0 Å². The van der Waals surface area contributed by atoms with Crippen molar-refractivity contribution in [2.24, 2.45) is 0 Å². The molecule has 0 atom stereocenters. The molecule has 0 aliphatic rings. The molecule has 4 nitrogen and oxygen atoms in total. The minimum atomic E-state index is -0.130. The lowest BCUT2D eigenvalue weighted by Crippen LogP contribution is -2.12. The molecule has 0 saturated carbocycles. The molecule has 0 aliphatic carbocycles. The second-order valence-electron chi connectivity index (χ2n) is 1.92. The summed E-state index contributed by atoms with van der Waals surface area (Å²) in [5.41, 5.74) is 0. The van der Waals surface area contributed by atoms with Gasteiger partial charge in [0.2, 0.25) is 11.9 Å². The van der Waals surface area contributed by atoms with Crippen molar-refractivity contribution in [3.63, 3.8) is 0 Å². The number of alkyl halides is 1. The van der Waals surface area contributed by atoms with Crippen LogP contribution in [-0.4, -0.2) is 21.8 Å². The summed E-state index contributed by atoms with van der Waals surface area (Å²) >= 11 is 5.35. The number of rotatable bonds is 3. The van der Waals surface area contributed by atoms with Gasteiger partial charge in [-0.2, -0.15) is 0 Å². The van der Waals surface area contributed by atoms with E-state index in [-0.39, 0.29) is 5.91 Å². The van der Waals surface area contributed by atoms with Gasteiger partial charge < -0.3 is 4.98 Å². The van der Waals surface area contributed by atoms with Gasteiger partial charge in [0.1, 0.15) is 0 Å². The second-order valence-corrected chi connectivity index (χ2v) is 2.30. The van der Waals surface area contributed by atoms with E-state index in [0.717, 1.165) is 0 Å². The third-order valence-corrected chi connectivity index (χ3v) is 1.27. The van der Waals surface area contributed by atoms with Gasteiger partial charge >= 0.3 is 0 Å². The molecule has 1 amide bonds. The molecule has 0 aromatic carbocycles. The SMILES string of the molecule is O=C(CCCl)Nc1ncc[nH]1. The van der Waals surface area contributed by atoms with Gasteiger partial charge in [-0.3, -0.25) is 10.1 Å². The topological polar surface area (TPSA) is 57.8 Å². The van der Waals surface area contributed by atoms with Crippen molar-refractivity contribution in [3.05, 3.63) is 12.4 Å². The number of halogens is 1. The van der Waals surface area contributed by atoms with Gasteiger partial charge in [0.25, 0.3) is 0 Å². The van der Waals surface area contributed by atoms with Crippen LogP contribution in [0.5, 0.6) is 0 Å². The number of nitrogens with zero attached hydrogens (tertiary/aromatic N) is 1. The number of imidazole rings is 1. The van der Waals surface area contributed by atoms with Crippen molar-refractivity contribution in [2.45, 2.75) is 6.42 Å². The Morgan fingerprint density at radius 3 is 3.18 bits per heavy atom. The van der Waals surface area contributed by atoms with Gasteiger partial charge in [0.05, 0.1) is 0 Å². The fraction of sp³-hybridized carbons (Fsp3) is 0.333. The van der Waals surface area contributed by atoms with Crippen LogP contribution >= 0.6 is 11.6 Å². The number of carbonyl (C=O) groups excluding carboxylic acids is 1. The van der Waals surface area contributed by atoms with E-state index in [1.54, 1.807) is 12.4 Å². The summed E-state index contributed by atoms with van der Waals surface area (Å²) in [5.74, 6) is 0.655. The van der Waals surface area contributed by atoms with Crippen molar-refractivity contribution in [2.75, 3.05) is 11.2 Å². The lowest BCUT2D eigenvalue weighted by molar-refractivity contribution is -0.115. The maximum atomic E-state index is 10.9. The molecule has 0 saturated heterocycles. The van der Waals surface area contributed by atoms with Crippen LogP contribution in [0.1, 0.15) is 6.42 Å². The van der Waals surface area contributed by atoms with Crippen LogP contribution in [-0.2, 0) is 4.79 Å². The molecule has 2 N–H and O–H groups in total. The van der Waals surface area contributed by atoms with Crippen molar-refractivity contribution < 1.29 is 4.79 Å². The van der Waals surface area contributed by atoms with Crippen LogP contribution < -0.4 is 5.32 Å². The van der Waals surface area contributed by atoms with E-state index in [9.17, 15) is 4.79 Å². The number of aromatic nitrogens is 2. The molecule has 0 fully saturated rings. The minimum Gasteiger partial charge on any atom is -0.331 e. The van der Waals surface area contributed by atoms with Crippen molar-refractivity contribution in [1.29, 1.82) is 0 Å². The molecule has 1 heterocycles. The Morgan fingerprint density at radius 1 is 1.82 bits per heavy atom. The van der Waals surface area contributed by atoms with Gasteiger partial charge in [-0.1, -0.05) is 0 Å². The van der Waals surface area contributed by atoms with E-state index in [1.807, 2.05) is 0 Å². The van der Waals surface area contributed by atoms with Crippen LogP contribution in [0.3, 0.4) is 0 Å². The average molecular weight is 174 g/mol. The Labute approximate surface area is 69.0 Å².